The quantitative estimate of drug-likeness (QED) is 0.827. The van der Waals surface area contributed by atoms with Crippen molar-refractivity contribution in [3.05, 3.63) is 27.5 Å². The SMILES string of the molecule is OCC(O)CCc1cc(Br)cnc1Cl. The predicted molar refractivity (Wildman–Crippen MR) is 58.4 cm³/mol. The lowest BCUT2D eigenvalue weighted by Gasteiger charge is -2.07. The second-order valence-corrected chi connectivity index (χ2v) is 4.25. The molecule has 0 aromatic carbocycles. The van der Waals surface area contributed by atoms with Crippen molar-refractivity contribution in [2.24, 2.45) is 0 Å². The van der Waals surface area contributed by atoms with Gasteiger partial charge in [-0.25, -0.2) is 4.98 Å². The molecule has 0 spiro atoms. The minimum atomic E-state index is -0.690. The zero-order valence-corrected chi connectivity index (χ0v) is 9.79. The van der Waals surface area contributed by atoms with Crippen molar-refractivity contribution in [3.8, 4) is 0 Å². The van der Waals surface area contributed by atoms with Crippen molar-refractivity contribution in [1.82, 2.24) is 4.98 Å². The molecule has 14 heavy (non-hydrogen) atoms. The molecule has 1 aromatic rings. The van der Waals surface area contributed by atoms with Gasteiger partial charge in [-0.1, -0.05) is 11.6 Å². The third kappa shape index (κ3) is 3.53. The molecule has 1 aromatic heterocycles. The van der Waals surface area contributed by atoms with Gasteiger partial charge in [0, 0.05) is 10.7 Å². The van der Waals surface area contributed by atoms with Crippen molar-refractivity contribution in [3.63, 3.8) is 0 Å². The van der Waals surface area contributed by atoms with Crippen LogP contribution in [0, 0.1) is 0 Å². The highest BCUT2D eigenvalue weighted by atomic mass is 79.9. The Morgan fingerprint density at radius 1 is 1.57 bits per heavy atom. The van der Waals surface area contributed by atoms with E-state index >= 15 is 0 Å². The second kappa shape index (κ2) is 5.66. The van der Waals surface area contributed by atoms with Crippen molar-refractivity contribution in [2.45, 2.75) is 18.9 Å². The molecule has 1 unspecified atom stereocenters. The molecule has 0 bridgehead atoms. The Hall–Kier alpha value is -0.160. The van der Waals surface area contributed by atoms with Crippen LogP contribution >= 0.6 is 27.5 Å². The normalized spacial score (nSPS) is 12.9. The fraction of sp³-hybridized carbons (Fsp3) is 0.444. The minimum absolute atomic E-state index is 0.223. The summed E-state index contributed by atoms with van der Waals surface area (Å²) in [7, 11) is 0. The van der Waals surface area contributed by atoms with Crippen molar-refractivity contribution >= 4 is 27.5 Å². The standard InChI is InChI=1S/C9H11BrClNO2/c10-7-3-6(9(11)12-4-7)1-2-8(14)5-13/h3-4,8,13-14H,1-2,5H2. The van der Waals surface area contributed by atoms with Gasteiger partial charge >= 0.3 is 0 Å². The Labute approximate surface area is 95.9 Å². The van der Waals surface area contributed by atoms with Gasteiger partial charge in [-0.2, -0.15) is 0 Å². The third-order valence-electron chi connectivity index (χ3n) is 1.84. The average Bonchev–Trinajstić information content (AvgIpc) is 2.19. The summed E-state index contributed by atoms with van der Waals surface area (Å²) in [6, 6.07) is 1.86. The molecule has 5 heteroatoms. The van der Waals surface area contributed by atoms with Crippen LogP contribution in [0.2, 0.25) is 5.15 Å². The first-order valence-corrected chi connectivity index (χ1v) is 5.39. The smallest absolute Gasteiger partial charge is 0.132 e. The Bertz CT molecular complexity index is 309. The molecule has 1 heterocycles. The van der Waals surface area contributed by atoms with E-state index in [2.05, 4.69) is 20.9 Å². The van der Waals surface area contributed by atoms with Crippen LogP contribution in [0.5, 0.6) is 0 Å². The predicted octanol–water partition coefficient (Wildman–Crippen LogP) is 1.78. The van der Waals surface area contributed by atoms with Crippen LogP contribution in [-0.2, 0) is 6.42 Å². The molecule has 3 nitrogen and oxygen atoms in total. The molecule has 0 radical (unpaired) electrons. The summed E-state index contributed by atoms with van der Waals surface area (Å²) in [6.45, 7) is -0.223. The van der Waals surface area contributed by atoms with E-state index in [0.717, 1.165) is 10.0 Å². The van der Waals surface area contributed by atoms with Crippen LogP contribution in [0.1, 0.15) is 12.0 Å². The maximum atomic E-state index is 9.15. The number of pyridine rings is 1. The molecular weight excluding hydrogens is 269 g/mol. The molecule has 0 saturated carbocycles. The monoisotopic (exact) mass is 279 g/mol. The second-order valence-electron chi connectivity index (χ2n) is 2.98. The lowest BCUT2D eigenvalue weighted by atomic mass is 10.1. The molecule has 0 saturated heterocycles. The van der Waals surface area contributed by atoms with Crippen LogP contribution in [0.25, 0.3) is 0 Å². The van der Waals surface area contributed by atoms with Crippen LogP contribution in [0.3, 0.4) is 0 Å². The van der Waals surface area contributed by atoms with E-state index in [1.54, 1.807) is 6.20 Å². The van der Waals surface area contributed by atoms with Gasteiger partial charge in [0.1, 0.15) is 5.15 Å². The van der Waals surface area contributed by atoms with Gasteiger partial charge in [0.2, 0.25) is 0 Å². The molecule has 1 rings (SSSR count). The molecule has 0 fully saturated rings. The first kappa shape index (κ1) is 11.9. The number of rotatable bonds is 4. The molecule has 78 valence electrons. The molecule has 0 amide bonds. The summed E-state index contributed by atoms with van der Waals surface area (Å²) < 4.78 is 0.857. The highest BCUT2D eigenvalue weighted by Gasteiger charge is 2.06. The van der Waals surface area contributed by atoms with Gasteiger partial charge in [0.25, 0.3) is 0 Å². The summed E-state index contributed by atoms with van der Waals surface area (Å²) in [5.41, 5.74) is 0.869. The fourth-order valence-corrected chi connectivity index (χ4v) is 1.63. The van der Waals surface area contributed by atoms with E-state index in [1.807, 2.05) is 6.07 Å². The van der Waals surface area contributed by atoms with Crippen LogP contribution in [-0.4, -0.2) is 27.9 Å². The lowest BCUT2D eigenvalue weighted by molar-refractivity contribution is 0.0885. The number of aliphatic hydroxyl groups excluding tert-OH is 2. The first-order chi connectivity index (χ1) is 6.63. The number of aliphatic hydroxyl groups is 2. The van der Waals surface area contributed by atoms with E-state index < -0.39 is 6.10 Å². The molecular formula is C9H11BrClNO2. The minimum Gasteiger partial charge on any atom is -0.394 e. The third-order valence-corrected chi connectivity index (χ3v) is 2.61. The van der Waals surface area contributed by atoms with E-state index in [0.29, 0.717) is 18.0 Å². The topological polar surface area (TPSA) is 53.4 Å². The van der Waals surface area contributed by atoms with E-state index in [-0.39, 0.29) is 6.61 Å². The van der Waals surface area contributed by atoms with Crippen molar-refractivity contribution < 1.29 is 10.2 Å². The summed E-state index contributed by atoms with van der Waals surface area (Å²) in [5, 5.41) is 18.2. The summed E-state index contributed by atoms with van der Waals surface area (Å²) in [6.07, 6.45) is 2.01. The Balaban J connectivity index is 2.62. The Kier molecular flexibility index (Phi) is 4.81. The van der Waals surface area contributed by atoms with Gasteiger partial charge < -0.3 is 10.2 Å². The van der Waals surface area contributed by atoms with Crippen molar-refractivity contribution in [2.75, 3.05) is 6.61 Å². The van der Waals surface area contributed by atoms with Gasteiger partial charge in [-0.05, 0) is 40.4 Å². The van der Waals surface area contributed by atoms with Gasteiger partial charge in [0.05, 0.1) is 12.7 Å². The van der Waals surface area contributed by atoms with Crippen molar-refractivity contribution in [1.29, 1.82) is 0 Å². The largest absolute Gasteiger partial charge is 0.394 e. The van der Waals surface area contributed by atoms with Crippen LogP contribution in [0.4, 0.5) is 0 Å². The molecule has 0 aliphatic heterocycles. The summed E-state index contributed by atoms with van der Waals surface area (Å²) in [4.78, 5) is 3.96. The van der Waals surface area contributed by atoms with Crippen LogP contribution < -0.4 is 0 Å². The summed E-state index contributed by atoms with van der Waals surface area (Å²) >= 11 is 9.13. The summed E-state index contributed by atoms with van der Waals surface area (Å²) in [5.74, 6) is 0. The number of hydrogen-bond acceptors (Lipinski definition) is 3. The van der Waals surface area contributed by atoms with E-state index in [1.165, 1.54) is 0 Å². The zero-order chi connectivity index (χ0) is 10.6. The molecule has 2 N–H and O–H groups in total. The van der Waals surface area contributed by atoms with E-state index in [9.17, 15) is 0 Å². The Morgan fingerprint density at radius 3 is 2.93 bits per heavy atom. The van der Waals surface area contributed by atoms with Gasteiger partial charge in [-0.15, -0.1) is 0 Å². The van der Waals surface area contributed by atoms with Gasteiger partial charge in [-0.3, -0.25) is 0 Å². The molecule has 0 aliphatic carbocycles. The number of hydrogen-bond donors (Lipinski definition) is 2. The Morgan fingerprint density at radius 2 is 2.29 bits per heavy atom. The first-order valence-electron chi connectivity index (χ1n) is 4.22. The van der Waals surface area contributed by atoms with Gasteiger partial charge in [0.15, 0.2) is 0 Å². The lowest BCUT2D eigenvalue weighted by Crippen LogP contribution is -2.12. The highest BCUT2D eigenvalue weighted by Crippen LogP contribution is 2.19. The van der Waals surface area contributed by atoms with Crippen LogP contribution in [0.15, 0.2) is 16.7 Å². The molecule has 1 atom stereocenters. The number of nitrogens with zero attached hydrogens (tertiary/aromatic N) is 1. The zero-order valence-electron chi connectivity index (χ0n) is 7.45. The fourth-order valence-electron chi connectivity index (χ4n) is 1.05. The number of halogens is 2. The number of aromatic nitrogens is 1. The maximum absolute atomic E-state index is 9.15. The average molecular weight is 281 g/mol. The molecule has 0 aliphatic rings. The maximum Gasteiger partial charge on any atom is 0.132 e. The van der Waals surface area contributed by atoms with E-state index in [4.69, 9.17) is 21.8 Å². The highest BCUT2D eigenvalue weighted by molar-refractivity contribution is 9.10. The number of aryl methyl sites for hydroxylation is 1.